The molecule has 2 rings (SSSR count). The normalized spacial score (nSPS) is 10.1. The van der Waals surface area contributed by atoms with Gasteiger partial charge in [-0.2, -0.15) is 0 Å². The Morgan fingerprint density at radius 2 is 1.89 bits per heavy atom. The molecular weight excluding hydrogens is 254 g/mol. The van der Waals surface area contributed by atoms with Crippen LogP contribution >= 0.6 is 11.6 Å². The summed E-state index contributed by atoms with van der Waals surface area (Å²) >= 11 is 5.85. The van der Waals surface area contributed by atoms with Crippen molar-refractivity contribution < 1.29 is 9.66 Å². The molecule has 0 atom stereocenters. The number of ether oxygens (including phenoxy) is 1. The molecule has 0 N–H and O–H groups in total. The van der Waals surface area contributed by atoms with Gasteiger partial charge in [0.2, 0.25) is 0 Å². The topological polar surface area (TPSA) is 52.4 Å². The number of hydrogen-bond acceptors (Lipinski definition) is 3. The molecule has 0 aliphatic heterocycles. The number of nitro benzene ring substituents is 1. The van der Waals surface area contributed by atoms with E-state index in [0.717, 1.165) is 5.56 Å². The molecule has 2 aromatic carbocycles. The van der Waals surface area contributed by atoms with E-state index < -0.39 is 4.92 Å². The number of rotatable bonds is 4. The van der Waals surface area contributed by atoms with Crippen molar-refractivity contribution in [2.24, 2.45) is 0 Å². The molecule has 2 aromatic rings. The van der Waals surface area contributed by atoms with Crippen molar-refractivity contribution >= 4 is 17.3 Å². The summed E-state index contributed by atoms with van der Waals surface area (Å²) in [6.45, 7) is 0.373. The summed E-state index contributed by atoms with van der Waals surface area (Å²) in [4.78, 5) is 10.0. The zero-order valence-electron chi connectivity index (χ0n) is 9.38. The molecule has 0 unspecified atom stereocenters. The van der Waals surface area contributed by atoms with Gasteiger partial charge in [0, 0.05) is 17.2 Å². The second kappa shape index (κ2) is 5.51. The van der Waals surface area contributed by atoms with E-state index in [1.165, 1.54) is 12.1 Å². The third kappa shape index (κ3) is 3.21. The number of nitrogens with zero attached hydrogens (tertiary/aromatic N) is 1. The van der Waals surface area contributed by atoms with Crippen LogP contribution in [0.2, 0.25) is 5.02 Å². The number of halogens is 1. The van der Waals surface area contributed by atoms with E-state index >= 15 is 0 Å². The van der Waals surface area contributed by atoms with Gasteiger partial charge in [-0.15, -0.1) is 0 Å². The molecular formula is C13H10ClNO3. The molecule has 0 aliphatic carbocycles. The summed E-state index contributed by atoms with van der Waals surface area (Å²) in [6, 6.07) is 13.3. The van der Waals surface area contributed by atoms with Crippen LogP contribution in [-0.2, 0) is 6.61 Å². The van der Waals surface area contributed by atoms with Gasteiger partial charge in [-0.25, -0.2) is 0 Å². The molecule has 0 aromatic heterocycles. The van der Waals surface area contributed by atoms with Gasteiger partial charge in [-0.05, 0) is 29.8 Å². The fourth-order valence-electron chi connectivity index (χ4n) is 1.46. The number of nitro groups is 1. The molecule has 0 radical (unpaired) electrons. The molecule has 5 heteroatoms. The highest BCUT2D eigenvalue weighted by Crippen LogP contribution is 2.19. The van der Waals surface area contributed by atoms with Crippen molar-refractivity contribution in [1.29, 1.82) is 0 Å². The van der Waals surface area contributed by atoms with Crippen LogP contribution < -0.4 is 4.74 Å². The van der Waals surface area contributed by atoms with Gasteiger partial charge in [-0.1, -0.05) is 23.7 Å². The standard InChI is InChI=1S/C13H10ClNO3/c14-11-3-1-2-10(8-11)9-18-13-6-4-12(5-7-13)15(16)17/h1-8H,9H2. The van der Waals surface area contributed by atoms with E-state index in [1.807, 2.05) is 18.2 Å². The predicted molar refractivity (Wildman–Crippen MR) is 68.9 cm³/mol. The lowest BCUT2D eigenvalue weighted by molar-refractivity contribution is -0.384. The first kappa shape index (κ1) is 12.4. The minimum atomic E-state index is -0.444. The van der Waals surface area contributed by atoms with Gasteiger partial charge in [0.15, 0.2) is 0 Å². The van der Waals surface area contributed by atoms with Crippen LogP contribution in [-0.4, -0.2) is 4.92 Å². The first-order valence-electron chi connectivity index (χ1n) is 5.27. The van der Waals surface area contributed by atoms with E-state index in [0.29, 0.717) is 17.4 Å². The van der Waals surface area contributed by atoms with E-state index in [9.17, 15) is 10.1 Å². The van der Waals surface area contributed by atoms with Crippen molar-refractivity contribution in [2.45, 2.75) is 6.61 Å². The molecule has 0 saturated carbocycles. The summed E-state index contributed by atoms with van der Waals surface area (Å²) in [5, 5.41) is 11.1. The second-order valence-corrected chi connectivity index (χ2v) is 4.11. The minimum absolute atomic E-state index is 0.0464. The molecule has 0 heterocycles. The van der Waals surface area contributed by atoms with Gasteiger partial charge < -0.3 is 4.74 Å². The zero-order valence-corrected chi connectivity index (χ0v) is 10.1. The molecule has 0 fully saturated rings. The lowest BCUT2D eigenvalue weighted by Crippen LogP contribution is -1.95. The van der Waals surface area contributed by atoms with Gasteiger partial charge in [0.25, 0.3) is 5.69 Å². The summed E-state index contributed by atoms with van der Waals surface area (Å²) in [7, 11) is 0. The molecule has 18 heavy (non-hydrogen) atoms. The molecule has 0 bridgehead atoms. The Labute approximate surface area is 109 Å². The maximum absolute atomic E-state index is 10.5. The zero-order chi connectivity index (χ0) is 13.0. The van der Waals surface area contributed by atoms with Crippen LogP contribution in [0.4, 0.5) is 5.69 Å². The summed E-state index contributed by atoms with van der Waals surface area (Å²) in [6.07, 6.45) is 0. The Bertz CT molecular complexity index is 554. The van der Waals surface area contributed by atoms with E-state index in [1.54, 1.807) is 18.2 Å². The number of non-ortho nitro benzene ring substituents is 1. The number of benzene rings is 2. The van der Waals surface area contributed by atoms with Gasteiger partial charge >= 0.3 is 0 Å². The fourth-order valence-corrected chi connectivity index (χ4v) is 1.67. The highest BCUT2D eigenvalue weighted by Gasteiger charge is 2.04. The lowest BCUT2D eigenvalue weighted by atomic mass is 10.2. The minimum Gasteiger partial charge on any atom is -0.489 e. The molecule has 0 saturated heterocycles. The van der Waals surface area contributed by atoms with Gasteiger partial charge in [0.1, 0.15) is 12.4 Å². The smallest absolute Gasteiger partial charge is 0.269 e. The Morgan fingerprint density at radius 3 is 2.50 bits per heavy atom. The largest absolute Gasteiger partial charge is 0.489 e. The summed E-state index contributed by atoms with van der Waals surface area (Å²) < 4.78 is 5.50. The second-order valence-electron chi connectivity index (χ2n) is 3.67. The first-order chi connectivity index (χ1) is 8.65. The van der Waals surface area contributed by atoms with Gasteiger partial charge in [0.05, 0.1) is 4.92 Å². The van der Waals surface area contributed by atoms with Crippen molar-refractivity contribution in [3.05, 3.63) is 69.2 Å². The molecule has 0 spiro atoms. The molecule has 0 amide bonds. The maximum Gasteiger partial charge on any atom is 0.269 e. The maximum atomic E-state index is 10.5. The Morgan fingerprint density at radius 1 is 1.17 bits per heavy atom. The first-order valence-corrected chi connectivity index (χ1v) is 5.64. The molecule has 0 aliphatic rings. The van der Waals surface area contributed by atoms with E-state index in [-0.39, 0.29) is 5.69 Å². The lowest BCUT2D eigenvalue weighted by Gasteiger charge is -2.06. The van der Waals surface area contributed by atoms with Crippen molar-refractivity contribution in [2.75, 3.05) is 0 Å². The average molecular weight is 264 g/mol. The Hall–Kier alpha value is -2.07. The van der Waals surface area contributed by atoms with Crippen LogP contribution in [0.15, 0.2) is 48.5 Å². The van der Waals surface area contributed by atoms with Crippen molar-refractivity contribution in [3.8, 4) is 5.75 Å². The van der Waals surface area contributed by atoms with Crippen molar-refractivity contribution in [3.63, 3.8) is 0 Å². The summed E-state index contributed by atoms with van der Waals surface area (Å²) in [5.41, 5.74) is 0.992. The third-order valence-electron chi connectivity index (χ3n) is 2.34. The van der Waals surface area contributed by atoms with Crippen LogP contribution in [0.1, 0.15) is 5.56 Å². The van der Waals surface area contributed by atoms with Gasteiger partial charge in [-0.3, -0.25) is 10.1 Å². The Balaban J connectivity index is 2.00. The van der Waals surface area contributed by atoms with Crippen LogP contribution in [0.3, 0.4) is 0 Å². The highest BCUT2D eigenvalue weighted by molar-refractivity contribution is 6.30. The van der Waals surface area contributed by atoms with Crippen LogP contribution in [0, 0.1) is 10.1 Å². The average Bonchev–Trinajstić information content (AvgIpc) is 2.37. The van der Waals surface area contributed by atoms with E-state index in [4.69, 9.17) is 16.3 Å². The van der Waals surface area contributed by atoms with E-state index in [2.05, 4.69) is 0 Å². The number of hydrogen-bond donors (Lipinski definition) is 0. The highest BCUT2D eigenvalue weighted by atomic mass is 35.5. The Kier molecular flexibility index (Phi) is 3.79. The summed E-state index contributed by atoms with van der Waals surface area (Å²) in [5.74, 6) is 0.584. The van der Waals surface area contributed by atoms with Crippen LogP contribution in [0.5, 0.6) is 5.75 Å². The van der Waals surface area contributed by atoms with Crippen LogP contribution in [0.25, 0.3) is 0 Å². The molecule has 92 valence electrons. The SMILES string of the molecule is O=[N+]([O-])c1ccc(OCc2cccc(Cl)c2)cc1. The third-order valence-corrected chi connectivity index (χ3v) is 2.58. The monoisotopic (exact) mass is 263 g/mol. The molecule has 4 nitrogen and oxygen atoms in total. The fraction of sp³-hybridized carbons (Fsp3) is 0.0769. The quantitative estimate of drug-likeness (QED) is 0.622. The van der Waals surface area contributed by atoms with Crippen molar-refractivity contribution in [1.82, 2.24) is 0 Å². The predicted octanol–water partition coefficient (Wildman–Crippen LogP) is 3.83.